The second kappa shape index (κ2) is 12.6. The normalized spacial score (nSPS) is 10.8. The van der Waals surface area contributed by atoms with Crippen molar-refractivity contribution in [3.63, 3.8) is 0 Å². The Morgan fingerprint density at radius 2 is 1.80 bits per heavy atom. The van der Waals surface area contributed by atoms with Crippen LogP contribution in [0.15, 0.2) is 59.8 Å². The van der Waals surface area contributed by atoms with Gasteiger partial charge in [0.2, 0.25) is 0 Å². The molecule has 2 aromatic carbocycles. The van der Waals surface area contributed by atoms with E-state index in [9.17, 15) is 18.4 Å². The maximum atomic E-state index is 12.8. The van der Waals surface area contributed by atoms with Crippen LogP contribution in [-0.4, -0.2) is 40.9 Å². The lowest BCUT2D eigenvalue weighted by Gasteiger charge is -2.14. The number of ether oxygens (including phenoxy) is 2. The van der Waals surface area contributed by atoms with E-state index in [1.807, 2.05) is 0 Å². The molecule has 0 atom stereocenters. The molecule has 0 unspecified atom stereocenters. The minimum atomic E-state index is -3.08. The number of carbonyl (C=O) groups excluding carboxylic acids is 1. The van der Waals surface area contributed by atoms with Gasteiger partial charge in [-0.1, -0.05) is 29.3 Å². The first-order valence-electron chi connectivity index (χ1n) is 10.0. The molecule has 2 N–H and O–H groups in total. The third-order valence-corrected chi connectivity index (χ3v) is 6.06. The Balaban J connectivity index is 1.64. The van der Waals surface area contributed by atoms with Crippen LogP contribution in [0.1, 0.15) is 27.1 Å². The molecule has 0 fully saturated rings. The van der Waals surface area contributed by atoms with Gasteiger partial charge in [-0.2, -0.15) is 8.78 Å². The van der Waals surface area contributed by atoms with Gasteiger partial charge in [-0.3, -0.25) is 9.78 Å². The molecule has 3 rings (SSSR count). The molecule has 0 spiro atoms. The van der Waals surface area contributed by atoms with Crippen molar-refractivity contribution < 1.29 is 33.0 Å². The summed E-state index contributed by atoms with van der Waals surface area (Å²) in [4.78, 5) is 28.3. The summed E-state index contributed by atoms with van der Waals surface area (Å²) in [6.45, 7) is -2.94. The van der Waals surface area contributed by atoms with Crippen LogP contribution in [0, 0.1) is 0 Å². The molecule has 0 aliphatic rings. The predicted octanol–water partition coefficient (Wildman–Crippen LogP) is 6.50. The van der Waals surface area contributed by atoms with Crippen molar-refractivity contribution >= 4 is 52.5 Å². The number of hydrogen-bond donors (Lipinski definition) is 2. The number of benzene rings is 2. The fourth-order valence-electron chi connectivity index (χ4n) is 2.82. The first-order valence-corrected chi connectivity index (χ1v) is 11.8. The number of carboxylic acid groups (broad SMARTS) is 1. The Hall–Kier alpha value is -3.08. The summed E-state index contributed by atoms with van der Waals surface area (Å²) in [5.41, 5.74) is 0.447. The molecule has 12 heteroatoms. The standard InChI is InChI=1S/C23H18Cl2F2N2O5S/c24-16-11-28-12-17(25)20(16)29-21(30)13-5-6-18(34-23(26)27)19(10-13)33-7-2-8-35-15-4-1-3-14(9-15)22(31)32/h1,3-6,9-12,23H,2,7-8H2,(H,31,32)(H,28,29,30). The number of amides is 1. The third kappa shape index (κ3) is 7.71. The quantitative estimate of drug-likeness (QED) is 0.210. The third-order valence-electron chi connectivity index (χ3n) is 4.41. The first-order chi connectivity index (χ1) is 16.7. The average molecular weight is 543 g/mol. The molecule has 0 aliphatic heterocycles. The summed E-state index contributed by atoms with van der Waals surface area (Å²) < 4.78 is 35.8. The summed E-state index contributed by atoms with van der Waals surface area (Å²) in [5, 5.41) is 11.9. The highest BCUT2D eigenvalue weighted by atomic mass is 35.5. The van der Waals surface area contributed by atoms with Gasteiger partial charge in [0.05, 0.1) is 27.9 Å². The van der Waals surface area contributed by atoms with Crippen molar-refractivity contribution in [2.45, 2.75) is 17.9 Å². The monoisotopic (exact) mass is 542 g/mol. The van der Waals surface area contributed by atoms with Crippen LogP contribution < -0.4 is 14.8 Å². The van der Waals surface area contributed by atoms with Gasteiger partial charge in [0.15, 0.2) is 11.5 Å². The van der Waals surface area contributed by atoms with E-state index in [0.29, 0.717) is 12.2 Å². The van der Waals surface area contributed by atoms with Crippen LogP contribution >= 0.6 is 35.0 Å². The number of anilines is 1. The predicted molar refractivity (Wildman–Crippen MR) is 130 cm³/mol. The zero-order valence-corrected chi connectivity index (χ0v) is 20.2. The van der Waals surface area contributed by atoms with Crippen LogP contribution in [0.25, 0.3) is 0 Å². The number of nitrogens with zero attached hydrogens (tertiary/aromatic N) is 1. The van der Waals surface area contributed by atoms with Gasteiger partial charge in [0, 0.05) is 28.6 Å². The number of aromatic carboxylic acids is 1. The number of carbonyl (C=O) groups is 2. The lowest BCUT2D eigenvalue weighted by molar-refractivity contribution is -0.0515. The molecule has 7 nitrogen and oxygen atoms in total. The van der Waals surface area contributed by atoms with Gasteiger partial charge in [-0.25, -0.2) is 4.79 Å². The van der Waals surface area contributed by atoms with Gasteiger partial charge >= 0.3 is 12.6 Å². The Bertz CT molecular complexity index is 1200. The summed E-state index contributed by atoms with van der Waals surface area (Å²) >= 11 is 13.5. The van der Waals surface area contributed by atoms with Crippen molar-refractivity contribution in [1.82, 2.24) is 4.98 Å². The Morgan fingerprint density at radius 1 is 1.06 bits per heavy atom. The smallest absolute Gasteiger partial charge is 0.387 e. The van der Waals surface area contributed by atoms with E-state index in [2.05, 4.69) is 15.0 Å². The van der Waals surface area contributed by atoms with Gasteiger partial charge in [0.25, 0.3) is 5.91 Å². The summed E-state index contributed by atoms with van der Waals surface area (Å²) in [7, 11) is 0. The number of alkyl halides is 2. The van der Waals surface area contributed by atoms with Crippen molar-refractivity contribution in [2.75, 3.05) is 17.7 Å². The van der Waals surface area contributed by atoms with Gasteiger partial charge in [0.1, 0.15) is 0 Å². The highest BCUT2D eigenvalue weighted by molar-refractivity contribution is 7.99. The summed E-state index contributed by atoms with van der Waals surface area (Å²) in [5.74, 6) is -1.30. The zero-order valence-electron chi connectivity index (χ0n) is 17.8. The number of halogens is 4. The van der Waals surface area contributed by atoms with E-state index in [1.54, 1.807) is 18.2 Å². The zero-order chi connectivity index (χ0) is 25.4. The molecule has 1 heterocycles. The molecule has 35 heavy (non-hydrogen) atoms. The van der Waals surface area contributed by atoms with Crippen molar-refractivity contribution in [1.29, 1.82) is 0 Å². The van der Waals surface area contributed by atoms with Crippen LogP contribution in [0.3, 0.4) is 0 Å². The van der Waals surface area contributed by atoms with Gasteiger partial charge < -0.3 is 19.9 Å². The van der Waals surface area contributed by atoms with E-state index in [0.717, 1.165) is 4.90 Å². The fraction of sp³-hybridized carbons (Fsp3) is 0.174. The van der Waals surface area contributed by atoms with E-state index >= 15 is 0 Å². The highest BCUT2D eigenvalue weighted by Crippen LogP contribution is 2.32. The SMILES string of the molecule is O=C(O)c1cccc(SCCCOc2cc(C(=O)Nc3c(Cl)cncc3Cl)ccc2OC(F)F)c1. The van der Waals surface area contributed by atoms with Crippen molar-refractivity contribution in [2.24, 2.45) is 0 Å². The topological polar surface area (TPSA) is 97.8 Å². The number of hydrogen-bond acceptors (Lipinski definition) is 6. The summed E-state index contributed by atoms with van der Waals surface area (Å²) in [6.07, 6.45) is 3.13. The molecule has 0 bridgehead atoms. The molecule has 0 saturated carbocycles. The van der Waals surface area contributed by atoms with Crippen molar-refractivity contribution in [3.8, 4) is 11.5 Å². The second-order valence-electron chi connectivity index (χ2n) is 6.86. The van der Waals surface area contributed by atoms with Crippen LogP contribution in [0.4, 0.5) is 14.5 Å². The molecular weight excluding hydrogens is 525 g/mol. The molecular formula is C23H18Cl2F2N2O5S. The van der Waals surface area contributed by atoms with E-state index < -0.39 is 18.5 Å². The van der Waals surface area contributed by atoms with Gasteiger partial charge in [-0.05, 0) is 42.8 Å². The lowest BCUT2D eigenvalue weighted by atomic mass is 10.2. The maximum absolute atomic E-state index is 12.8. The number of pyridine rings is 1. The molecule has 1 aromatic heterocycles. The highest BCUT2D eigenvalue weighted by Gasteiger charge is 2.17. The van der Waals surface area contributed by atoms with Crippen LogP contribution in [0.5, 0.6) is 11.5 Å². The second-order valence-corrected chi connectivity index (χ2v) is 8.84. The number of rotatable bonds is 11. The number of nitrogens with one attached hydrogen (secondary N) is 1. The first kappa shape index (κ1) is 26.5. The van der Waals surface area contributed by atoms with Gasteiger partial charge in [-0.15, -0.1) is 11.8 Å². The molecule has 1 amide bonds. The molecule has 3 aromatic rings. The molecule has 0 radical (unpaired) electrons. The largest absolute Gasteiger partial charge is 0.490 e. The Kier molecular flexibility index (Phi) is 9.53. The number of carboxylic acids is 1. The Morgan fingerprint density at radius 3 is 2.49 bits per heavy atom. The fourth-order valence-corrected chi connectivity index (χ4v) is 4.16. The molecule has 0 saturated heterocycles. The van der Waals surface area contributed by atoms with E-state index in [4.69, 9.17) is 33.0 Å². The minimum Gasteiger partial charge on any atom is -0.490 e. The van der Waals surface area contributed by atoms with Crippen molar-refractivity contribution in [3.05, 3.63) is 76.0 Å². The lowest BCUT2D eigenvalue weighted by Crippen LogP contribution is -2.14. The maximum Gasteiger partial charge on any atom is 0.387 e. The number of thioether (sulfide) groups is 1. The minimum absolute atomic E-state index is 0.0391. The number of aromatic nitrogens is 1. The summed E-state index contributed by atoms with van der Waals surface area (Å²) in [6, 6.07) is 10.3. The van der Waals surface area contributed by atoms with Crippen LogP contribution in [0.2, 0.25) is 10.0 Å². The van der Waals surface area contributed by atoms with Crippen LogP contribution in [-0.2, 0) is 0 Å². The molecule has 184 valence electrons. The Labute approximate surface area is 213 Å². The van der Waals surface area contributed by atoms with E-state index in [-0.39, 0.29) is 45.0 Å². The molecule has 0 aliphatic carbocycles. The average Bonchev–Trinajstić information content (AvgIpc) is 2.82. The van der Waals surface area contributed by atoms with E-state index in [1.165, 1.54) is 48.4 Å².